The van der Waals surface area contributed by atoms with Crippen LogP contribution in [-0.2, 0) is 16.1 Å². The van der Waals surface area contributed by atoms with Gasteiger partial charge < -0.3 is 15.2 Å². The molecule has 0 aliphatic rings. The minimum Gasteiger partial charge on any atom is -0.458 e. The van der Waals surface area contributed by atoms with E-state index in [-0.39, 0.29) is 12.5 Å². The molecule has 0 radical (unpaired) electrons. The lowest BCUT2D eigenvalue weighted by atomic mass is 10.1. The highest BCUT2D eigenvalue weighted by Crippen LogP contribution is 2.09. The number of rotatable bonds is 4. The first kappa shape index (κ1) is 16.2. The van der Waals surface area contributed by atoms with Crippen molar-refractivity contribution in [1.29, 1.82) is 0 Å². The average molecular weight is 279 g/mol. The maximum absolute atomic E-state index is 11.9. The SMILES string of the molecule is C[C@@H](NC(=O)c1ccc(CO)cc1)C(=O)OC(C)(C)C. The third-order valence-electron chi connectivity index (χ3n) is 2.51. The lowest BCUT2D eigenvalue weighted by Gasteiger charge is -2.22. The number of benzene rings is 1. The third kappa shape index (κ3) is 5.01. The van der Waals surface area contributed by atoms with Gasteiger partial charge in [-0.1, -0.05) is 12.1 Å². The van der Waals surface area contributed by atoms with Crippen molar-refractivity contribution in [2.45, 2.75) is 45.9 Å². The number of ether oxygens (including phenoxy) is 1. The summed E-state index contributed by atoms with van der Waals surface area (Å²) in [6, 6.07) is 5.80. The van der Waals surface area contributed by atoms with Gasteiger partial charge in [-0.25, -0.2) is 4.79 Å². The van der Waals surface area contributed by atoms with Gasteiger partial charge in [0.15, 0.2) is 0 Å². The molecular weight excluding hydrogens is 258 g/mol. The number of aliphatic hydroxyl groups is 1. The first-order chi connectivity index (χ1) is 9.23. The Balaban J connectivity index is 2.62. The van der Waals surface area contributed by atoms with Gasteiger partial charge in [-0.3, -0.25) is 4.79 Å². The van der Waals surface area contributed by atoms with Crippen LogP contribution in [-0.4, -0.2) is 28.6 Å². The average Bonchev–Trinajstić information content (AvgIpc) is 2.36. The molecule has 5 heteroatoms. The maximum atomic E-state index is 11.9. The van der Waals surface area contributed by atoms with Crippen molar-refractivity contribution in [2.75, 3.05) is 0 Å². The van der Waals surface area contributed by atoms with E-state index in [1.54, 1.807) is 52.0 Å². The van der Waals surface area contributed by atoms with E-state index < -0.39 is 17.6 Å². The van der Waals surface area contributed by atoms with Crippen molar-refractivity contribution < 1.29 is 19.4 Å². The summed E-state index contributed by atoms with van der Waals surface area (Å²) < 4.78 is 5.19. The second-order valence-electron chi connectivity index (χ2n) is 5.58. The molecule has 0 bridgehead atoms. The topological polar surface area (TPSA) is 75.6 Å². The lowest BCUT2D eigenvalue weighted by molar-refractivity contribution is -0.156. The Kier molecular flexibility index (Phi) is 5.27. The lowest BCUT2D eigenvalue weighted by Crippen LogP contribution is -2.42. The molecule has 2 N–H and O–H groups in total. The van der Waals surface area contributed by atoms with Crippen LogP contribution in [0.1, 0.15) is 43.6 Å². The second-order valence-corrected chi connectivity index (χ2v) is 5.58. The van der Waals surface area contributed by atoms with Gasteiger partial charge in [-0.2, -0.15) is 0 Å². The number of hydrogen-bond acceptors (Lipinski definition) is 4. The predicted molar refractivity (Wildman–Crippen MR) is 75.1 cm³/mol. The molecule has 0 unspecified atom stereocenters. The summed E-state index contributed by atoms with van der Waals surface area (Å²) in [7, 11) is 0. The molecule has 1 atom stereocenters. The molecule has 1 rings (SSSR count). The molecule has 0 heterocycles. The number of hydrogen-bond donors (Lipinski definition) is 2. The predicted octanol–water partition coefficient (Wildman–Crippen LogP) is 1.64. The number of carbonyl (C=O) groups is 2. The van der Waals surface area contributed by atoms with Crippen LogP contribution in [0.25, 0.3) is 0 Å². The summed E-state index contributed by atoms with van der Waals surface area (Å²) in [5, 5.41) is 11.5. The van der Waals surface area contributed by atoms with Crippen LogP contribution >= 0.6 is 0 Å². The number of nitrogens with one attached hydrogen (secondary N) is 1. The Bertz CT molecular complexity index is 474. The van der Waals surface area contributed by atoms with Crippen LogP contribution in [0.3, 0.4) is 0 Å². The van der Waals surface area contributed by atoms with Crippen LogP contribution in [0.15, 0.2) is 24.3 Å². The molecule has 1 aromatic carbocycles. The smallest absolute Gasteiger partial charge is 0.328 e. The van der Waals surface area contributed by atoms with Crippen molar-refractivity contribution in [3.8, 4) is 0 Å². The Labute approximate surface area is 118 Å². The van der Waals surface area contributed by atoms with Crippen LogP contribution in [0.2, 0.25) is 0 Å². The van der Waals surface area contributed by atoms with Crippen molar-refractivity contribution in [2.24, 2.45) is 0 Å². The van der Waals surface area contributed by atoms with E-state index >= 15 is 0 Å². The van der Waals surface area contributed by atoms with Gasteiger partial charge in [0.1, 0.15) is 11.6 Å². The van der Waals surface area contributed by atoms with Crippen molar-refractivity contribution in [3.63, 3.8) is 0 Å². The molecule has 1 amide bonds. The summed E-state index contributed by atoms with van der Waals surface area (Å²) in [6.45, 7) is 6.82. The van der Waals surface area contributed by atoms with E-state index in [9.17, 15) is 9.59 Å². The highest BCUT2D eigenvalue weighted by molar-refractivity contribution is 5.96. The van der Waals surface area contributed by atoms with Crippen molar-refractivity contribution >= 4 is 11.9 Å². The van der Waals surface area contributed by atoms with E-state index in [0.29, 0.717) is 5.56 Å². The zero-order valence-electron chi connectivity index (χ0n) is 12.3. The monoisotopic (exact) mass is 279 g/mol. The Hall–Kier alpha value is -1.88. The van der Waals surface area contributed by atoms with Crippen LogP contribution in [0.5, 0.6) is 0 Å². The van der Waals surface area contributed by atoms with E-state index in [0.717, 1.165) is 5.56 Å². The number of esters is 1. The summed E-state index contributed by atoms with van der Waals surface area (Å²) in [4.78, 5) is 23.7. The molecule has 0 saturated carbocycles. The van der Waals surface area contributed by atoms with Crippen molar-refractivity contribution in [1.82, 2.24) is 5.32 Å². The summed E-state index contributed by atoms with van der Waals surface area (Å²) in [6.07, 6.45) is 0. The number of carbonyl (C=O) groups excluding carboxylic acids is 2. The Morgan fingerprint density at radius 3 is 2.25 bits per heavy atom. The Morgan fingerprint density at radius 1 is 1.25 bits per heavy atom. The fraction of sp³-hybridized carbons (Fsp3) is 0.467. The molecule has 0 aromatic heterocycles. The normalized spacial score (nSPS) is 12.7. The minimum absolute atomic E-state index is 0.0732. The van der Waals surface area contributed by atoms with Gasteiger partial charge in [-0.05, 0) is 45.4 Å². The molecule has 0 saturated heterocycles. The molecule has 20 heavy (non-hydrogen) atoms. The van der Waals surface area contributed by atoms with E-state index in [2.05, 4.69) is 5.32 Å². The molecule has 1 aromatic rings. The molecule has 0 aliphatic carbocycles. The van der Waals surface area contributed by atoms with Crippen LogP contribution in [0.4, 0.5) is 0 Å². The second kappa shape index (κ2) is 6.52. The van der Waals surface area contributed by atoms with Crippen LogP contribution in [0, 0.1) is 0 Å². The number of amides is 1. The maximum Gasteiger partial charge on any atom is 0.328 e. The highest BCUT2D eigenvalue weighted by atomic mass is 16.6. The van der Waals surface area contributed by atoms with Gasteiger partial charge in [-0.15, -0.1) is 0 Å². The standard InChI is InChI=1S/C15H21NO4/c1-10(14(19)20-15(2,3)4)16-13(18)12-7-5-11(9-17)6-8-12/h5-8,10,17H,9H2,1-4H3,(H,16,18)/t10-/m1/s1. The van der Waals surface area contributed by atoms with Crippen LogP contribution < -0.4 is 5.32 Å². The fourth-order valence-corrected chi connectivity index (χ4v) is 1.49. The van der Waals surface area contributed by atoms with Gasteiger partial charge in [0, 0.05) is 5.56 Å². The largest absolute Gasteiger partial charge is 0.458 e. The number of aliphatic hydroxyl groups excluding tert-OH is 1. The van der Waals surface area contributed by atoms with E-state index in [1.165, 1.54) is 0 Å². The molecule has 0 aliphatic heterocycles. The zero-order valence-corrected chi connectivity index (χ0v) is 12.3. The molecule has 110 valence electrons. The van der Waals surface area contributed by atoms with Gasteiger partial charge in [0.05, 0.1) is 6.61 Å². The fourth-order valence-electron chi connectivity index (χ4n) is 1.49. The van der Waals surface area contributed by atoms with Gasteiger partial charge in [0.25, 0.3) is 5.91 Å². The minimum atomic E-state index is -0.723. The third-order valence-corrected chi connectivity index (χ3v) is 2.51. The van der Waals surface area contributed by atoms with Gasteiger partial charge >= 0.3 is 5.97 Å². The summed E-state index contributed by atoms with van der Waals surface area (Å²) in [5.41, 5.74) is 0.568. The molecule has 5 nitrogen and oxygen atoms in total. The van der Waals surface area contributed by atoms with E-state index in [1.807, 2.05) is 0 Å². The van der Waals surface area contributed by atoms with Crippen molar-refractivity contribution in [3.05, 3.63) is 35.4 Å². The highest BCUT2D eigenvalue weighted by Gasteiger charge is 2.23. The Morgan fingerprint density at radius 2 is 1.80 bits per heavy atom. The first-order valence-corrected chi connectivity index (χ1v) is 6.46. The van der Waals surface area contributed by atoms with E-state index in [4.69, 9.17) is 9.84 Å². The summed E-state index contributed by atoms with van der Waals surface area (Å²) in [5.74, 6) is -0.828. The first-order valence-electron chi connectivity index (χ1n) is 6.46. The summed E-state index contributed by atoms with van der Waals surface area (Å²) >= 11 is 0. The van der Waals surface area contributed by atoms with Gasteiger partial charge in [0.2, 0.25) is 0 Å². The molecular formula is C15H21NO4. The zero-order chi connectivity index (χ0) is 15.3. The quantitative estimate of drug-likeness (QED) is 0.822. The molecule has 0 spiro atoms. The molecule has 0 fully saturated rings.